The van der Waals surface area contributed by atoms with Gasteiger partial charge in [-0.15, -0.1) is 0 Å². The molecule has 0 saturated heterocycles. The van der Waals surface area contributed by atoms with Crippen LogP contribution in [0.2, 0.25) is 0 Å². The molecule has 34 heavy (non-hydrogen) atoms. The van der Waals surface area contributed by atoms with Crippen molar-refractivity contribution in [2.75, 3.05) is 0 Å². The zero-order chi connectivity index (χ0) is 22.6. The third kappa shape index (κ3) is 2.91. The topological polar surface area (TPSA) is 67.2 Å². The van der Waals surface area contributed by atoms with Crippen molar-refractivity contribution >= 4 is 44.4 Å². The first-order valence-corrected chi connectivity index (χ1v) is 11.7. The summed E-state index contributed by atoms with van der Waals surface area (Å²) in [7, 11) is 0. The molecule has 162 valence electrons. The Morgan fingerprint density at radius 1 is 0.971 bits per heavy atom. The van der Waals surface area contributed by atoms with E-state index >= 15 is 0 Å². The van der Waals surface area contributed by atoms with E-state index in [1.54, 1.807) is 4.40 Å². The number of aromatic amines is 1. The number of rotatable bonds is 3. The van der Waals surface area contributed by atoms with E-state index in [9.17, 15) is 4.79 Å². The molecule has 7 aromatic rings. The number of hydrogen-bond donors (Lipinski definition) is 1. The van der Waals surface area contributed by atoms with Crippen LogP contribution in [0.4, 0.5) is 0 Å². The molecule has 3 aromatic carbocycles. The zero-order valence-electron chi connectivity index (χ0n) is 17.8. The van der Waals surface area contributed by atoms with Crippen LogP contribution in [0.3, 0.4) is 0 Å². The highest BCUT2D eigenvalue weighted by atomic mass is 32.1. The number of imidazole rings is 1. The number of nitrogens with zero attached hydrogens (tertiary/aromatic N) is 3. The van der Waals surface area contributed by atoms with E-state index in [0.717, 1.165) is 38.9 Å². The molecule has 0 bridgehead atoms. The van der Waals surface area contributed by atoms with Crippen molar-refractivity contribution in [1.82, 2.24) is 14.5 Å². The zero-order valence-corrected chi connectivity index (χ0v) is 18.6. The number of nitrogens with one attached hydrogen (secondary N) is 1. The van der Waals surface area contributed by atoms with E-state index in [1.165, 1.54) is 11.3 Å². The molecule has 0 aliphatic heterocycles. The van der Waals surface area contributed by atoms with Gasteiger partial charge in [0, 0.05) is 17.5 Å². The van der Waals surface area contributed by atoms with Crippen LogP contribution < -0.4 is 14.8 Å². The van der Waals surface area contributed by atoms with Crippen LogP contribution in [0, 0.1) is 0 Å². The molecule has 6 nitrogen and oxygen atoms in total. The fourth-order valence-electron chi connectivity index (χ4n) is 4.31. The Morgan fingerprint density at radius 3 is 2.65 bits per heavy atom. The Hall–Kier alpha value is -4.49. The average molecular weight is 462 g/mol. The minimum atomic E-state index is -0.0725. The maximum absolute atomic E-state index is 13.3. The smallest absolute Gasteiger partial charge is 0.274 e. The van der Waals surface area contributed by atoms with Gasteiger partial charge >= 0.3 is 0 Å². The number of fused-ring (bicyclic) bond motifs is 4. The summed E-state index contributed by atoms with van der Waals surface area (Å²) in [4.78, 5) is 18.7. The summed E-state index contributed by atoms with van der Waals surface area (Å²) in [5.41, 5.74) is 5.03. The van der Waals surface area contributed by atoms with Crippen molar-refractivity contribution in [3.05, 3.63) is 112 Å². The monoisotopic (exact) mass is 461 g/mol. The molecule has 7 rings (SSSR count). The summed E-state index contributed by atoms with van der Waals surface area (Å²) in [5.74, 6) is 0.710. The normalized spacial score (nSPS) is 12.4. The number of furan rings is 1. The van der Waals surface area contributed by atoms with E-state index in [2.05, 4.69) is 10.1 Å². The molecule has 0 radical (unpaired) electrons. The van der Waals surface area contributed by atoms with E-state index in [1.807, 2.05) is 102 Å². The standard InChI is InChI=1S/C27H16N4O2S/c32-26-24(34-27-28-20-11-5-6-12-21(20)31(26)27)15-18-16-30(19-9-2-1-3-10-19)29-25(18)23-14-17-8-4-7-13-22(17)33-23/h1-16H/p+1. The number of hydrogen-bond acceptors (Lipinski definition) is 4. The fraction of sp³-hybridized carbons (Fsp3) is 0. The molecule has 0 spiro atoms. The van der Waals surface area contributed by atoms with Gasteiger partial charge in [-0.25, -0.2) is 9.38 Å². The van der Waals surface area contributed by atoms with Gasteiger partial charge < -0.3 is 4.42 Å². The van der Waals surface area contributed by atoms with Crippen molar-refractivity contribution in [2.24, 2.45) is 0 Å². The summed E-state index contributed by atoms with van der Waals surface area (Å²) in [6, 6.07) is 27.6. The maximum Gasteiger partial charge on any atom is 0.274 e. The molecule has 0 saturated carbocycles. The lowest BCUT2D eigenvalue weighted by Gasteiger charge is -1.91. The average Bonchev–Trinajstić information content (AvgIpc) is 3.62. The van der Waals surface area contributed by atoms with E-state index < -0.39 is 0 Å². The second-order valence-electron chi connectivity index (χ2n) is 8.06. The van der Waals surface area contributed by atoms with Gasteiger partial charge in [0.2, 0.25) is 11.9 Å². The Balaban J connectivity index is 1.47. The second kappa shape index (κ2) is 7.26. The summed E-state index contributed by atoms with van der Waals surface area (Å²) >= 11 is 1.39. The lowest BCUT2D eigenvalue weighted by atomic mass is 10.2. The number of thiazole rings is 1. The third-order valence-electron chi connectivity index (χ3n) is 5.93. The van der Waals surface area contributed by atoms with Crippen molar-refractivity contribution in [2.45, 2.75) is 0 Å². The molecule has 0 fully saturated rings. The van der Waals surface area contributed by atoms with Gasteiger partial charge in [0.05, 0.1) is 21.1 Å². The molecular formula is C27H17N4O2S+. The number of aromatic nitrogens is 4. The van der Waals surface area contributed by atoms with Gasteiger partial charge in [0.15, 0.2) is 16.4 Å². The number of para-hydroxylation sites is 4. The van der Waals surface area contributed by atoms with Crippen LogP contribution in [0.1, 0.15) is 5.56 Å². The van der Waals surface area contributed by atoms with Gasteiger partial charge in [-0.2, -0.15) is 5.10 Å². The Kier molecular flexibility index (Phi) is 4.06. The predicted octanol–water partition coefficient (Wildman–Crippen LogP) is 4.47. The third-order valence-corrected chi connectivity index (χ3v) is 6.90. The largest absolute Gasteiger partial charge is 0.454 e. The van der Waals surface area contributed by atoms with Gasteiger partial charge in [-0.3, -0.25) is 4.79 Å². The van der Waals surface area contributed by atoms with Crippen molar-refractivity contribution in [3.63, 3.8) is 0 Å². The summed E-state index contributed by atoms with van der Waals surface area (Å²) in [6.07, 6.45) is 3.90. The minimum absolute atomic E-state index is 0.0725. The summed E-state index contributed by atoms with van der Waals surface area (Å²) in [6.45, 7) is 0. The quantitative estimate of drug-likeness (QED) is 0.395. The molecular weight excluding hydrogens is 444 g/mol. The number of H-pyrrole nitrogens is 1. The molecule has 4 aromatic heterocycles. The van der Waals surface area contributed by atoms with Gasteiger partial charge in [-0.05, 0) is 30.3 Å². The van der Waals surface area contributed by atoms with Crippen molar-refractivity contribution in [3.8, 4) is 17.1 Å². The van der Waals surface area contributed by atoms with Gasteiger partial charge in [-0.1, -0.05) is 64.5 Å². The molecule has 0 amide bonds. The highest BCUT2D eigenvalue weighted by Gasteiger charge is 2.21. The van der Waals surface area contributed by atoms with Gasteiger partial charge in [0.1, 0.15) is 5.58 Å². The summed E-state index contributed by atoms with van der Waals surface area (Å²) in [5, 5.41) is 4.47. The highest BCUT2D eigenvalue weighted by molar-refractivity contribution is 7.15. The summed E-state index contributed by atoms with van der Waals surface area (Å²) < 4.78 is 10.4. The van der Waals surface area contributed by atoms with E-state index in [4.69, 9.17) is 4.42 Å². The number of benzene rings is 3. The first-order valence-electron chi connectivity index (χ1n) is 10.9. The minimum Gasteiger partial charge on any atom is -0.454 e. The van der Waals surface area contributed by atoms with Crippen LogP contribution in [0.25, 0.3) is 50.2 Å². The van der Waals surface area contributed by atoms with Crippen LogP contribution in [-0.2, 0) is 0 Å². The SMILES string of the molecule is O=c1c(=Cc2c[n+](-c3ccccc3)[nH]c2-c2cc3ccccc3o2)sc2nc3ccccc3n12. The van der Waals surface area contributed by atoms with Crippen LogP contribution in [0.15, 0.2) is 100 Å². The van der Waals surface area contributed by atoms with E-state index in [0.29, 0.717) is 15.3 Å². The Labute approximate surface area is 196 Å². The predicted molar refractivity (Wildman–Crippen MR) is 133 cm³/mol. The van der Waals surface area contributed by atoms with E-state index in [-0.39, 0.29) is 5.56 Å². The first kappa shape index (κ1) is 19.0. The molecule has 1 N–H and O–H groups in total. The molecule has 0 aliphatic rings. The molecule has 7 heteroatoms. The Bertz CT molecular complexity index is 1910. The molecule has 0 aliphatic carbocycles. The van der Waals surface area contributed by atoms with Crippen LogP contribution in [0.5, 0.6) is 0 Å². The second-order valence-corrected chi connectivity index (χ2v) is 9.07. The van der Waals surface area contributed by atoms with Crippen molar-refractivity contribution < 1.29 is 9.10 Å². The molecule has 0 atom stereocenters. The fourth-order valence-corrected chi connectivity index (χ4v) is 5.29. The lowest BCUT2D eigenvalue weighted by Crippen LogP contribution is -2.31. The maximum atomic E-state index is 13.3. The Morgan fingerprint density at radius 2 is 1.76 bits per heavy atom. The van der Waals surface area contributed by atoms with Gasteiger partial charge in [0.25, 0.3) is 5.56 Å². The lowest BCUT2D eigenvalue weighted by molar-refractivity contribution is -0.654. The highest BCUT2D eigenvalue weighted by Crippen LogP contribution is 2.29. The molecule has 0 unspecified atom stereocenters. The van der Waals surface area contributed by atoms with Crippen LogP contribution in [-0.4, -0.2) is 14.5 Å². The first-order chi connectivity index (χ1) is 16.7. The molecule has 4 heterocycles. The van der Waals surface area contributed by atoms with Crippen molar-refractivity contribution in [1.29, 1.82) is 0 Å². The van der Waals surface area contributed by atoms with Crippen LogP contribution >= 0.6 is 11.3 Å².